The molecule has 27 heavy (non-hydrogen) atoms. The largest absolute Gasteiger partial charge is 0.507 e. The summed E-state index contributed by atoms with van der Waals surface area (Å²) in [5.74, 6) is -0.0547. The minimum atomic E-state index is -0.517. The van der Waals surface area contributed by atoms with Crippen molar-refractivity contribution in [2.45, 2.75) is 20.4 Å². The van der Waals surface area contributed by atoms with E-state index < -0.39 is 5.63 Å². The maximum absolute atomic E-state index is 12.4. The molecule has 0 spiro atoms. The standard InChI is InChI=1S/C22H23NO4/c1-4-23(5-2)13-18-19(24)11-10-16(21(18)25)14(3)17-12-15-8-6-7-9-20(15)27-22(17)26/h6-12,24-25H,3-5,13H2,1-2H3. The van der Waals surface area contributed by atoms with Crippen molar-refractivity contribution in [3.63, 3.8) is 0 Å². The van der Waals surface area contributed by atoms with Crippen LogP contribution in [-0.2, 0) is 6.54 Å². The molecule has 0 bridgehead atoms. The molecule has 0 aliphatic carbocycles. The zero-order chi connectivity index (χ0) is 19.6. The van der Waals surface area contributed by atoms with Gasteiger partial charge in [0, 0.05) is 17.5 Å². The van der Waals surface area contributed by atoms with Crippen LogP contribution in [0.3, 0.4) is 0 Å². The maximum atomic E-state index is 12.4. The smallest absolute Gasteiger partial charge is 0.344 e. The molecule has 1 aromatic heterocycles. The number of benzene rings is 2. The monoisotopic (exact) mass is 365 g/mol. The first kappa shape index (κ1) is 18.7. The van der Waals surface area contributed by atoms with Crippen LogP contribution in [0.1, 0.15) is 30.5 Å². The Balaban J connectivity index is 2.07. The van der Waals surface area contributed by atoms with Crippen molar-refractivity contribution in [3.8, 4) is 11.5 Å². The lowest BCUT2D eigenvalue weighted by Crippen LogP contribution is -2.22. The van der Waals surface area contributed by atoms with E-state index in [1.807, 2.05) is 26.0 Å². The predicted molar refractivity (Wildman–Crippen MR) is 107 cm³/mol. The molecule has 3 aromatic rings. The summed E-state index contributed by atoms with van der Waals surface area (Å²) < 4.78 is 5.37. The van der Waals surface area contributed by atoms with Crippen LogP contribution in [0.4, 0.5) is 0 Å². The first-order valence-corrected chi connectivity index (χ1v) is 8.94. The fraction of sp³-hybridized carbons (Fsp3) is 0.227. The average Bonchev–Trinajstić information content (AvgIpc) is 2.67. The van der Waals surface area contributed by atoms with Gasteiger partial charge >= 0.3 is 5.63 Å². The summed E-state index contributed by atoms with van der Waals surface area (Å²) in [6, 6.07) is 12.0. The minimum Gasteiger partial charge on any atom is -0.507 e. The lowest BCUT2D eigenvalue weighted by atomic mass is 9.96. The summed E-state index contributed by atoms with van der Waals surface area (Å²) in [5, 5.41) is 21.7. The lowest BCUT2D eigenvalue weighted by molar-refractivity contribution is 0.285. The molecule has 0 radical (unpaired) electrons. The van der Waals surface area contributed by atoms with Gasteiger partial charge in [-0.3, -0.25) is 4.90 Å². The molecule has 2 N–H and O–H groups in total. The van der Waals surface area contributed by atoms with Crippen LogP contribution in [0.5, 0.6) is 11.5 Å². The van der Waals surface area contributed by atoms with E-state index in [0.717, 1.165) is 18.5 Å². The van der Waals surface area contributed by atoms with Gasteiger partial charge in [-0.25, -0.2) is 4.79 Å². The second kappa shape index (κ2) is 7.68. The summed E-state index contributed by atoms with van der Waals surface area (Å²) in [5.41, 5.74) is 1.43. The van der Waals surface area contributed by atoms with Crippen molar-refractivity contribution in [1.82, 2.24) is 4.90 Å². The van der Waals surface area contributed by atoms with E-state index in [1.165, 1.54) is 6.07 Å². The van der Waals surface area contributed by atoms with Gasteiger partial charge in [-0.05, 0) is 42.9 Å². The highest BCUT2D eigenvalue weighted by atomic mass is 16.4. The quantitative estimate of drug-likeness (QED) is 0.643. The van der Waals surface area contributed by atoms with Crippen molar-refractivity contribution < 1.29 is 14.6 Å². The number of hydrogen-bond donors (Lipinski definition) is 2. The van der Waals surface area contributed by atoms with Gasteiger partial charge in [0.2, 0.25) is 0 Å². The van der Waals surface area contributed by atoms with Crippen LogP contribution in [0.25, 0.3) is 16.5 Å². The van der Waals surface area contributed by atoms with E-state index in [9.17, 15) is 15.0 Å². The number of nitrogens with zero attached hydrogens (tertiary/aromatic N) is 1. The van der Waals surface area contributed by atoms with Gasteiger partial charge in [0.05, 0.1) is 11.1 Å². The molecular formula is C22H23NO4. The Morgan fingerprint density at radius 1 is 1.07 bits per heavy atom. The molecule has 0 amide bonds. The van der Waals surface area contributed by atoms with E-state index in [2.05, 4.69) is 11.5 Å². The van der Waals surface area contributed by atoms with E-state index >= 15 is 0 Å². The number of phenolic OH excluding ortho intramolecular Hbond substituents is 2. The van der Waals surface area contributed by atoms with Gasteiger partial charge < -0.3 is 14.6 Å². The summed E-state index contributed by atoms with van der Waals surface area (Å²) in [4.78, 5) is 14.5. The Hall–Kier alpha value is -3.05. The summed E-state index contributed by atoms with van der Waals surface area (Å²) in [7, 11) is 0. The van der Waals surface area contributed by atoms with Crippen molar-refractivity contribution in [3.05, 3.63) is 76.2 Å². The molecule has 0 atom stereocenters. The first-order valence-electron chi connectivity index (χ1n) is 8.94. The molecule has 0 unspecified atom stereocenters. The molecule has 0 saturated heterocycles. The number of aromatic hydroxyl groups is 2. The third kappa shape index (κ3) is 3.59. The summed E-state index contributed by atoms with van der Waals surface area (Å²) in [6.07, 6.45) is 0. The second-order valence-corrected chi connectivity index (χ2v) is 6.38. The van der Waals surface area contributed by atoms with Gasteiger partial charge in [0.25, 0.3) is 0 Å². The average molecular weight is 365 g/mol. The molecule has 0 saturated carbocycles. The fourth-order valence-corrected chi connectivity index (χ4v) is 3.11. The Bertz CT molecular complexity index is 1050. The Labute approximate surface area is 157 Å². The minimum absolute atomic E-state index is 0.0153. The van der Waals surface area contributed by atoms with Gasteiger partial charge in [0.15, 0.2) is 0 Å². The van der Waals surface area contributed by atoms with Crippen LogP contribution in [0.2, 0.25) is 0 Å². The molecule has 0 aliphatic rings. The molecule has 1 heterocycles. The van der Waals surface area contributed by atoms with E-state index in [-0.39, 0.29) is 17.1 Å². The fourth-order valence-electron chi connectivity index (χ4n) is 3.11. The number of fused-ring (bicyclic) bond motifs is 1. The molecule has 0 fully saturated rings. The van der Waals surface area contributed by atoms with Crippen molar-refractivity contribution in [1.29, 1.82) is 0 Å². The molecule has 5 heteroatoms. The van der Waals surface area contributed by atoms with Crippen LogP contribution >= 0.6 is 0 Å². The van der Waals surface area contributed by atoms with Crippen molar-refractivity contribution >= 4 is 16.5 Å². The Kier molecular flexibility index (Phi) is 5.33. The molecule has 3 rings (SSSR count). The first-order chi connectivity index (χ1) is 13.0. The number of para-hydroxylation sites is 1. The predicted octanol–water partition coefficient (Wildman–Crippen LogP) is 4.11. The van der Waals surface area contributed by atoms with Gasteiger partial charge in [-0.1, -0.05) is 38.6 Å². The van der Waals surface area contributed by atoms with Gasteiger partial charge in [-0.2, -0.15) is 0 Å². The third-order valence-corrected chi connectivity index (χ3v) is 4.83. The zero-order valence-corrected chi connectivity index (χ0v) is 15.5. The normalized spacial score (nSPS) is 11.2. The molecule has 2 aromatic carbocycles. The number of phenols is 2. The van der Waals surface area contributed by atoms with Crippen molar-refractivity contribution in [2.24, 2.45) is 0 Å². The van der Waals surface area contributed by atoms with Crippen LogP contribution in [-0.4, -0.2) is 28.2 Å². The molecule has 140 valence electrons. The highest BCUT2D eigenvalue weighted by Crippen LogP contribution is 2.37. The number of rotatable bonds is 6. The summed E-state index contributed by atoms with van der Waals surface area (Å²) in [6.45, 7) is 10.0. The zero-order valence-electron chi connectivity index (χ0n) is 15.5. The van der Waals surface area contributed by atoms with E-state index in [0.29, 0.717) is 28.8 Å². The Morgan fingerprint density at radius 2 is 1.78 bits per heavy atom. The third-order valence-electron chi connectivity index (χ3n) is 4.83. The van der Waals surface area contributed by atoms with Crippen LogP contribution < -0.4 is 5.63 Å². The van der Waals surface area contributed by atoms with E-state index in [1.54, 1.807) is 24.3 Å². The number of hydrogen-bond acceptors (Lipinski definition) is 5. The van der Waals surface area contributed by atoms with Crippen LogP contribution in [0.15, 0.2) is 58.3 Å². The van der Waals surface area contributed by atoms with Crippen molar-refractivity contribution in [2.75, 3.05) is 13.1 Å². The van der Waals surface area contributed by atoms with Gasteiger partial charge in [0.1, 0.15) is 17.1 Å². The Morgan fingerprint density at radius 3 is 2.48 bits per heavy atom. The topological polar surface area (TPSA) is 73.9 Å². The molecular weight excluding hydrogens is 342 g/mol. The maximum Gasteiger partial charge on any atom is 0.344 e. The highest BCUT2D eigenvalue weighted by molar-refractivity contribution is 5.86. The lowest BCUT2D eigenvalue weighted by Gasteiger charge is -2.21. The molecule has 5 nitrogen and oxygen atoms in total. The highest BCUT2D eigenvalue weighted by Gasteiger charge is 2.19. The van der Waals surface area contributed by atoms with Gasteiger partial charge in [-0.15, -0.1) is 0 Å². The van der Waals surface area contributed by atoms with Crippen LogP contribution in [0, 0.1) is 0 Å². The SMILES string of the molecule is C=C(c1ccc(O)c(CN(CC)CC)c1O)c1cc2ccccc2oc1=O. The van der Waals surface area contributed by atoms with E-state index in [4.69, 9.17) is 4.42 Å². The molecule has 0 aliphatic heterocycles. The summed E-state index contributed by atoms with van der Waals surface area (Å²) >= 11 is 0. The second-order valence-electron chi connectivity index (χ2n) is 6.38.